The number of nitrogens with one attached hydrogen (secondary N) is 1. The molecule has 3 aliphatic heterocycles. The van der Waals surface area contributed by atoms with E-state index in [1.165, 1.54) is 49.3 Å². The molecule has 0 aliphatic carbocycles. The maximum absolute atomic E-state index is 15.4. The Labute approximate surface area is 320 Å². The van der Waals surface area contributed by atoms with Crippen LogP contribution in [0.3, 0.4) is 0 Å². The number of fused-ring (bicyclic) bond motifs is 2. The van der Waals surface area contributed by atoms with E-state index in [9.17, 15) is 28.8 Å². The number of nitrogen functional groups attached to an aromatic ring is 2. The lowest BCUT2D eigenvalue weighted by atomic mass is 10.1. The summed E-state index contributed by atoms with van der Waals surface area (Å²) >= 11 is 0. The van der Waals surface area contributed by atoms with Gasteiger partial charge in [0.05, 0.1) is 38.1 Å². The van der Waals surface area contributed by atoms with Crippen molar-refractivity contribution in [2.45, 2.75) is 93.8 Å². The lowest BCUT2D eigenvalue weighted by Crippen LogP contribution is -2.37. The fourth-order valence-corrected chi connectivity index (χ4v) is 8.94. The molecule has 28 heteroatoms. The van der Waals surface area contributed by atoms with E-state index < -0.39 is 108 Å². The van der Waals surface area contributed by atoms with Crippen molar-refractivity contribution in [3.63, 3.8) is 0 Å². The van der Waals surface area contributed by atoms with E-state index in [2.05, 4.69) is 29.9 Å². The molecule has 4 aromatic heterocycles. The summed E-state index contributed by atoms with van der Waals surface area (Å²) in [6.45, 7) is 1.46. The molecule has 314 valence electrons. The molecule has 4 aromatic rings. The van der Waals surface area contributed by atoms with E-state index in [0.29, 0.717) is 17.6 Å². The number of nitrogens with two attached hydrogens (primary N) is 2. The molecule has 0 aromatic carbocycles. The maximum Gasteiger partial charge on any atom is 0.472 e. The van der Waals surface area contributed by atoms with Gasteiger partial charge in [-0.3, -0.25) is 37.0 Å². The number of aliphatic hydroxyl groups is 1. The highest BCUT2D eigenvalue weighted by Gasteiger charge is 2.52. The molecule has 7 heterocycles. The van der Waals surface area contributed by atoms with Crippen LogP contribution in [0.1, 0.15) is 32.7 Å². The van der Waals surface area contributed by atoms with Crippen molar-refractivity contribution < 1.29 is 70.2 Å². The molecule has 14 atom stereocenters. The Hall–Kier alpha value is -3.59. The minimum Gasteiger partial charge on any atom is -0.387 e. The third-order valence-corrected chi connectivity index (χ3v) is 11.7. The van der Waals surface area contributed by atoms with Crippen molar-refractivity contribution in [3.8, 4) is 0 Å². The number of phosphoric ester groups is 2. The molecule has 0 amide bonds. The number of hydrogen-bond acceptors (Lipinski definition) is 20. The van der Waals surface area contributed by atoms with E-state index in [4.69, 9.17) is 53.2 Å². The molecule has 8 N–H and O–H groups in total. The zero-order chi connectivity index (χ0) is 41.0. The molecule has 3 saturated heterocycles. The minimum absolute atomic E-state index is 0.0119. The first-order valence-corrected chi connectivity index (χ1v) is 20.4. The zero-order valence-corrected chi connectivity index (χ0v) is 32.4. The van der Waals surface area contributed by atoms with Crippen LogP contribution in [-0.2, 0) is 50.9 Å². The molecule has 57 heavy (non-hydrogen) atoms. The van der Waals surface area contributed by atoms with Crippen LogP contribution in [0.25, 0.3) is 22.3 Å². The fourth-order valence-electron chi connectivity index (χ4n) is 7.02. The predicted molar refractivity (Wildman–Crippen MR) is 189 cm³/mol. The predicted octanol–water partition coefficient (Wildman–Crippen LogP) is -0.151. The van der Waals surface area contributed by atoms with Gasteiger partial charge in [0, 0.05) is 14.2 Å². The summed E-state index contributed by atoms with van der Waals surface area (Å²) in [5, 5.41) is 10.9. The molecule has 25 nitrogen and oxygen atoms in total. The lowest BCUT2D eigenvalue weighted by Gasteiger charge is -2.26. The Balaban J connectivity index is 0.985. The fraction of sp³-hybridized carbons (Fsp3) is 0.655. The van der Waals surface area contributed by atoms with Gasteiger partial charge >= 0.3 is 15.6 Å². The van der Waals surface area contributed by atoms with Gasteiger partial charge in [0.1, 0.15) is 54.6 Å². The first-order valence-electron chi connectivity index (χ1n) is 17.4. The van der Waals surface area contributed by atoms with E-state index in [1.807, 2.05) is 0 Å². The number of hydrogen-bond donors (Lipinski definition) is 6. The van der Waals surface area contributed by atoms with Crippen LogP contribution in [0.5, 0.6) is 0 Å². The van der Waals surface area contributed by atoms with Gasteiger partial charge in [-0.15, -0.1) is 0 Å². The number of phosphoric acid groups is 2. The van der Waals surface area contributed by atoms with Gasteiger partial charge in [-0.1, -0.05) is 6.92 Å². The standard InChI is InChI=1S/C29H41FN10O15P2/c1-5-12-20(22(48-4)28(52-12)39-9-35-16-23(31)33-8-34-24(16)39)55-57(45,46)50-7-14-19(15(30)11(2)51-14)54-56(43,44)49-6-13-18(41)21(47-3)27(53-13)40-10-36-17-25(40)37-29(32)38-26(17)42/h8-15,18-22,27-28,41H,5-7H2,1-4H3,(H,43,44)(H,45,46)(H2,31,33,34)(H3,32,37,38,42)/t11-,12+,13+,14+,15+,18?,19?,20?,21-,22-,27+,28+/m0/s1. The quantitative estimate of drug-likeness (QED) is 0.0847. The van der Waals surface area contributed by atoms with Gasteiger partial charge in [0.2, 0.25) is 5.95 Å². The molecule has 0 spiro atoms. The number of aromatic nitrogens is 8. The van der Waals surface area contributed by atoms with Gasteiger partial charge in [-0.25, -0.2) is 33.5 Å². The summed E-state index contributed by atoms with van der Waals surface area (Å²) in [6.07, 6.45) is -11.3. The number of nitrogens with zero attached hydrogens (tertiary/aromatic N) is 7. The third kappa shape index (κ3) is 8.08. The highest BCUT2D eigenvalue weighted by atomic mass is 31.2. The summed E-state index contributed by atoms with van der Waals surface area (Å²) in [5.74, 6) is -0.0797. The average molecular weight is 851 g/mol. The molecule has 7 rings (SSSR count). The van der Waals surface area contributed by atoms with Crippen LogP contribution in [0.4, 0.5) is 16.2 Å². The number of H-pyrrole nitrogens is 1. The maximum atomic E-state index is 15.4. The Morgan fingerprint density at radius 3 is 2.11 bits per heavy atom. The van der Waals surface area contributed by atoms with Crippen molar-refractivity contribution in [2.24, 2.45) is 0 Å². The molecule has 3 fully saturated rings. The molecule has 3 aliphatic rings. The van der Waals surface area contributed by atoms with Crippen LogP contribution in [0.2, 0.25) is 0 Å². The molecular formula is C29H41FN10O15P2. The second-order valence-electron chi connectivity index (χ2n) is 13.3. The van der Waals surface area contributed by atoms with Crippen molar-refractivity contribution in [1.82, 2.24) is 39.0 Å². The number of ether oxygens (including phenoxy) is 5. The Morgan fingerprint density at radius 2 is 1.44 bits per heavy atom. The smallest absolute Gasteiger partial charge is 0.387 e. The highest BCUT2D eigenvalue weighted by molar-refractivity contribution is 7.47. The van der Waals surface area contributed by atoms with Gasteiger partial charge in [0.25, 0.3) is 5.56 Å². The van der Waals surface area contributed by atoms with Gasteiger partial charge in [-0.05, 0) is 13.3 Å². The second kappa shape index (κ2) is 16.2. The summed E-state index contributed by atoms with van der Waals surface area (Å²) in [7, 11) is -7.56. The third-order valence-electron chi connectivity index (χ3n) is 9.76. The number of anilines is 2. The van der Waals surface area contributed by atoms with Crippen LogP contribution < -0.4 is 17.0 Å². The molecule has 0 saturated carbocycles. The number of aromatic amines is 1. The van der Waals surface area contributed by atoms with E-state index >= 15 is 4.39 Å². The summed E-state index contributed by atoms with van der Waals surface area (Å²) < 4.78 is 94.3. The number of aliphatic hydroxyl groups excluding tert-OH is 1. The zero-order valence-electron chi connectivity index (χ0n) is 30.6. The first kappa shape index (κ1) is 41.6. The molecule has 0 bridgehead atoms. The number of halogens is 1. The van der Waals surface area contributed by atoms with Crippen LogP contribution in [0.15, 0.2) is 23.8 Å². The van der Waals surface area contributed by atoms with Crippen LogP contribution >= 0.6 is 15.6 Å². The highest BCUT2D eigenvalue weighted by Crippen LogP contribution is 2.52. The lowest BCUT2D eigenvalue weighted by molar-refractivity contribution is -0.0618. The summed E-state index contributed by atoms with van der Waals surface area (Å²) in [4.78, 5) is 56.5. The van der Waals surface area contributed by atoms with E-state index in [1.54, 1.807) is 6.92 Å². The largest absolute Gasteiger partial charge is 0.472 e. The monoisotopic (exact) mass is 850 g/mol. The Morgan fingerprint density at radius 1 is 0.842 bits per heavy atom. The van der Waals surface area contributed by atoms with Crippen molar-refractivity contribution in [2.75, 3.05) is 38.9 Å². The SMILES string of the molecule is CC[C@H]1O[C@@H](n2cnc3c(N)ncnc32)[C@@H](OC)C1OP(=O)(O)OC[C@H]1O[C@@H](C)[C@@H](F)C1OP(=O)(O)OC[C@H]1O[C@@H](n2cnc3c(=O)[nH]c(N)nc32)[C@@H](OC)C1O. The van der Waals surface area contributed by atoms with Crippen LogP contribution in [0, 0.1) is 0 Å². The number of imidazole rings is 2. The van der Waals surface area contributed by atoms with Crippen molar-refractivity contribution >= 4 is 49.7 Å². The second-order valence-corrected chi connectivity index (χ2v) is 16.1. The van der Waals surface area contributed by atoms with E-state index in [-0.39, 0.29) is 22.9 Å². The minimum atomic E-state index is -5.17. The summed E-state index contributed by atoms with van der Waals surface area (Å²) in [5.41, 5.74) is 11.5. The number of methoxy groups -OCH3 is 2. The molecule has 5 unspecified atom stereocenters. The molecular weight excluding hydrogens is 809 g/mol. The first-order chi connectivity index (χ1) is 27.1. The Bertz CT molecular complexity index is 2230. The normalized spacial score (nSPS) is 34.0. The average Bonchev–Trinajstić information content (AvgIpc) is 3.97. The van der Waals surface area contributed by atoms with Crippen LogP contribution in [-0.4, -0.2) is 142 Å². The van der Waals surface area contributed by atoms with Gasteiger partial charge in [-0.2, -0.15) is 4.98 Å². The molecule has 0 radical (unpaired) electrons. The van der Waals surface area contributed by atoms with Gasteiger partial charge < -0.3 is 50.0 Å². The van der Waals surface area contributed by atoms with Crippen molar-refractivity contribution in [1.29, 1.82) is 0 Å². The summed E-state index contributed by atoms with van der Waals surface area (Å²) in [6, 6.07) is 0. The number of alkyl halides is 1. The number of rotatable bonds is 15. The van der Waals surface area contributed by atoms with Gasteiger partial charge in [0.15, 0.2) is 41.3 Å². The van der Waals surface area contributed by atoms with E-state index in [0.717, 1.165) is 0 Å². The van der Waals surface area contributed by atoms with Crippen molar-refractivity contribution in [3.05, 3.63) is 29.3 Å². The Kier molecular flexibility index (Phi) is 11.8. The topological polar surface area (TPSA) is 337 Å².